The molecule has 0 unspecified atom stereocenters. The number of rotatable bonds is 3. The summed E-state index contributed by atoms with van der Waals surface area (Å²) in [5, 5.41) is 0.643. The van der Waals surface area contributed by atoms with Gasteiger partial charge in [-0.05, 0) is 35.1 Å². The molecule has 0 spiro atoms. The number of hydrogen-bond donors (Lipinski definition) is 0. The van der Waals surface area contributed by atoms with Crippen LogP contribution in [0.4, 0.5) is 13.2 Å². The molecular formula is C17H16ClF3. The second-order valence-electron chi connectivity index (χ2n) is 5.35. The van der Waals surface area contributed by atoms with Gasteiger partial charge in [-0.1, -0.05) is 61.8 Å². The molecule has 0 aromatic heterocycles. The predicted molar refractivity (Wildman–Crippen MR) is 79.8 cm³/mol. The van der Waals surface area contributed by atoms with E-state index in [9.17, 15) is 13.2 Å². The highest BCUT2D eigenvalue weighted by Crippen LogP contribution is 2.32. The molecule has 0 atom stereocenters. The van der Waals surface area contributed by atoms with Crippen LogP contribution in [-0.4, -0.2) is 0 Å². The molecule has 0 saturated heterocycles. The Hall–Kier alpha value is -1.48. The fourth-order valence-electron chi connectivity index (χ4n) is 2.26. The molecule has 2 rings (SSSR count). The van der Waals surface area contributed by atoms with Crippen molar-refractivity contribution < 1.29 is 13.2 Å². The van der Waals surface area contributed by atoms with Gasteiger partial charge < -0.3 is 0 Å². The minimum Gasteiger partial charge on any atom is -0.166 e. The SMILES string of the molecule is CC(C)c1cccc(Cc2cccc(C(F)(F)F)c2)c1Cl. The molecule has 4 heteroatoms. The standard InChI is InChI=1S/C17H16ClF3/c1-11(2)15-8-4-6-13(16(15)18)9-12-5-3-7-14(10-12)17(19,20)21/h3-8,10-11H,9H2,1-2H3. The molecule has 0 nitrogen and oxygen atoms in total. The number of hydrogen-bond acceptors (Lipinski definition) is 0. The van der Waals surface area contributed by atoms with Gasteiger partial charge in [0.15, 0.2) is 0 Å². The lowest BCUT2D eigenvalue weighted by Crippen LogP contribution is -2.05. The van der Waals surface area contributed by atoms with Crippen LogP contribution in [-0.2, 0) is 12.6 Å². The lowest BCUT2D eigenvalue weighted by atomic mass is 9.96. The summed E-state index contributed by atoms with van der Waals surface area (Å²) in [4.78, 5) is 0. The van der Waals surface area contributed by atoms with Gasteiger partial charge >= 0.3 is 6.18 Å². The Bertz CT molecular complexity index is 630. The first-order valence-corrected chi connectivity index (χ1v) is 7.10. The zero-order chi connectivity index (χ0) is 15.6. The van der Waals surface area contributed by atoms with Crippen molar-refractivity contribution in [3.63, 3.8) is 0 Å². The van der Waals surface area contributed by atoms with E-state index in [1.54, 1.807) is 6.07 Å². The Kier molecular flexibility index (Phi) is 4.62. The van der Waals surface area contributed by atoms with E-state index in [1.165, 1.54) is 12.1 Å². The van der Waals surface area contributed by atoms with Crippen molar-refractivity contribution in [3.05, 3.63) is 69.7 Å². The van der Waals surface area contributed by atoms with Crippen molar-refractivity contribution in [2.24, 2.45) is 0 Å². The van der Waals surface area contributed by atoms with E-state index in [0.717, 1.165) is 17.2 Å². The van der Waals surface area contributed by atoms with E-state index >= 15 is 0 Å². The molecule has 112 valence electrons. The van der Waals surface area contributed by atoms with Gasteiger partial charge in [0.2, 0.25) is 0 Å². The Balaban J connectivity index is 2.33. The van der Waals surface area contributed by atoms with E-state index in [0.29, 0.717) is 17.0 Å². The maximum absolute atomic E-state index is 12.7. The van der Waals surface area contributed by atoms with Crippen molar-refractivity contribution in [2.75, 3.05) is 0 Å². The Morgan fingerprint density at radius 2 is 1.71 bits per heavy atom. The molecule has 21 heavy (non-hydrogen) atoms. The minimum absolute atomic E-state index is 0.277. The highest BCUT2D eigenvalue weighted by Gasteiger charge is 2.30. The lowest BCUT2D eigenvalue weighted by molar-refractivity contribution is -0.137. The van der Waals surface area contributed by atoms with Gasteiger partial charge in [0.25, 0.3) is 0 Å². The zero-order valence-corrected chi connectivity index (χ0v) is 12.6. The molecule has 2 aromatic carbocycles. The highest BCUT2D eigenvalue weighted by atomic mass is 35.5. The zero-order valence-electron chi connectivity index (χ0n) is 11.8. The number of halogens is 4. The molecule has 2 aromatic rings. The summed E-state index contributed by atoms with van der Waals surface area (Å²) < 4.78 is 38.2. The summed E-state index contributed by atoms with van der Waals surface area (Å²) in [6.45, 7) is 4.07. The summed E-state index contributed by atoms with van der Waals surface area (Å²) in [6.07, 6.45) is -3.93. The number of alkyl halides is 3. The summed E-state index contributed by atoms with van der Waals surface area (Å²) >= 11 is 6.36. The van der Waals surface area contributed by atoms with Crippen LogP contribution in [0, 0.1) is 0 Å². The van der Waals surface area contributed by atoms with Gasteiger partial charge in [-0.3, -0.25) is 0 Å². The third kappa shape index (κ3) is 3.79. The van der Waals surface area contributed by atoms with Crippen LogP contribution in [0.15, 0.2) is 42.5 Å². The van der Waals surface area contributed by atoms with Crippen molar-refractivity contribution in [2.45, 2.75) is 32.4 Å². The second kappa shape index (κ2) is 6.10. The lowest BCUT2D eigenvalue weighted by Gasteiger charge is -2.13. The van der Waals surface area contributed by atoms with Crippen LogP contribution in [0.1, 0.15) is 42.0 Å². The molecule has 0 amide bonds. The van der Waals surface area contributed by atoms with Gasteiger partial charge in [-0.15, -0.1) is 0 Å². The van der Waals surface area contributed by atoms with E-state index in [2.05, 4.69) is 0 Å². The average molecular weight is 313 g/mol. The molecule has 0 radical (unpaired) electrons. The molecule has 0 aliphatic carbocycles. The molecule has 0 N–H and O–H groups in total. The molecule has 0 aliphatic rings. The second-order valence-corrected chi connectivity index (χ2v) is 5.73. The van der Waals surface area contributed by atoms with E-state index in [4.69, 9.17) is 11.6 Å². The first kappa shape index (κ1) is 15.9. The Labute approximate surface area is 127 Å². The highest BCUT2D eigenvalue weighted by molar-refractivity contribution is 6.32. The van der Waals surface area contributed by atoms with Crippen LogP contribution in [0.3, 0.4) is 0 Å². The van der Waals surface area contributed by atoms with Crippen molar-refractivity contribution in [1.82, 2.24) is 0 Å². The van der Waals surface area contributed by atoms with Crippen LogP contribution in [0.5, 0.6) is 0 Å². The Morgan fingerprint density at radius 1 is 1.05 bits per heavy atom. The first-order valence-electron chi connectivity index (χ1n) is 6.72. The predicted octanol–water partition coefficient (Wildman–Crippen LogP) is 6.07. The Morgan fingerprint density at radius 3 is 2.33 bits per heavy atom. The van der Waals surface area contributed by atoms with Crippen molar-refractivity contribution in [3.8, 4) is 0 Å². The largest absolute Gasteiger partial charge is 0.416 e. The van der Waals surface area contributed by atoms with E-state index in [-0.39, 0.29) is 5.92 Å². The third-order valence-electron chi connectivity index (χ3n) is 3.38. The summed E-state index contributed by atoms with van der Waals surface area (Å²) in [5.41, 5.74) is 1.84. The molecular weight excluding hydrogens is 297 g/mol. The molecule has 0 fully saturated rings. The quantitative estimate of drug-likeness (QED) is 0.645. The fourth-order valence-corrected chi connectivity index (χ4v) is 2.67. The van der Waals surface area contributed by atoms with Crippen LogP contribution < -0.4 is 0 Å². The molecule has 0 saturated carbocycles. The van der Waals surface area contributed by atoms with Gasteiger partial charge in [0.05, 0.1) is 5.56 Å². The minimum atomic E-state index is -4.32. The van der Waals surface area contributed by atoms with Crippen LogP contribution >= 0.6 is 11.6 Å². The number of benzene rings is 2. The summed E-state index contributed by atoms with van der Waals surface area (Å²) in [5.74, 6) is 0.277. The monoisotopic (exact) mass is 312 g/mol. The van der Waals surface area contributed by atoms with Crippen molar-refractivity contribution in [1.29, 1.82) is 0 Å². The van der Waals surface area contributed by atoms with E-state index < -0.39 is 11.7 Å². The first-order chi connectivity index (χ1) is 9.79. The maximum Gasteiger partial charge on any atom is 0.416 e. The normalized spacial score (nSPS) is 12.0. The third-order valence-corrected chi connectivity index (χ3v) is 3.84. The fraction of sp³-hybridized carbons (Fsp3) is 0.294. The smallest absolute Gasteiger partial charge is 0.166 e. The van der Waals surface area contributed by atoms with Crippen LogP contribution in [0.25, 0.3) is 0 Å². The van der Waals surface area contributed by atoms with Gasteiger partial charge in [-0.25, -0.2) is 0 Å². The topological polar surface area (TPSA) is 0 Å². The molecule has 0 heterocycles. The van der Waals surface area contributed by atoms with E-state index in [1.807, 2.05) is 32.0 Å². The summed E-state index contributed by atoms with van der Waals surface area (Å²) in [7, 11) is 0. The molecule has 0 bridgehead atoms. The van der Waals surface area contributed by atoms with Gasteiger partial charge in [0.1, 0.15) is 0 Å². The van der Waals surface area contributed by atoms with Gasteiger partial charge in [0, 0.05) is 5.02 Å². The van der Waals surface area contributed by atoms with Crippen LogP contribution in [0.2, 0.25) is 5.02 Å². The summed E-state index contributed by atoms with van der Waals surface area (Å²) in [6, 6.07) is 11.1. The van der Waals surface area contributed by atoms with Crippen molar-refractivity contribution >= 4 is 11.6 Å². The average Bonchev–Trinajstić information content (AvgIpc) is 2.40. The molecule has 0 aliphatic heterocycles. The van der Waals surface area contributed by atoms with Gasteiger partial charge in [-0.2, -0.15) is 13.2 Å². The maximum atomic E-state index is 12.7.